The Balaban J connectivity index is 1.41. The number of carbonyl (C=O) groups excluding carboxylic acids is 1. The maximum absolute atomic E-state index is 12.6. The largest absolute Gasteiger partial charge is 0.334 e. The zero-order valence-corrected chi connectivity index (χ0v) is 17.5. The SMILES string of the molecule is Cc1noc(-c2ccc(C(=O)Nc3ccc(CN4CCSCC4)cc3C)cc2)n1. The number of amides is 1. The second-order valence-corrected chi connectivity index (χ2v) is 8.44. The second-order valence-electron chi connectivity index (χ2n) is 7.22. The lowest BCUT2D eigenvalue weighted by Gasteiger charge is -2.26. The van der Waals surface area contributed by atoms with Crippen LogP contribution in [0.1, 0.15) is 27.3 Å². The third-order valence-electron chi connectivity index (χ3n) is 4.97. The lowest BCUT2D eigenvalue weighted by molar-refractivity contribution is 0.102. The van der Waals surface area contributed by atoms with Crippen molar-refractivity contribution in [3.05, 3.63) is 65.0 Å². The van der Waals surface area contributed by atoms with Crippen molar-refractivity contribution in [2.75, 3.05) is 29.9 Å². The number of nitrogens with zero attached hydrogens (tertiary/aromatic N) is 3. The van der Waals surface area contributed by atoms with Crippen LogP contribution >= 0.6 is 11.8 Å². The maximum atomic E-state index is 12.6. The molecule has 1 aromatic heterocycles. The van der Waals surface area contributed by atoms with Crippen molar-refractivity contribution < 1.29 is 9.32 Å². The summed E-state index contributed by atoms with van der Waals surface area (Å²) < 4.78 is 5.16. The molecule has 1 saturated heterocycles. The van der Waals surface area contributed by atoms with E-state index in [1.54, 1.807) is 19.1 Å². The highest BCUT2D eigenvalue weighted by molar-refractivity contribution is 7.99. The van der Waals surface area contributed by atoms with Gasteiger partial charge in [-0.2, -0.15) is 16.7 Å². The summed E-state index contributed by atoms with van der Waals surface area (Å²) in [5, 5.41) is 6.80. The van der Waals surface area contributed by atoms with E-state index >= 15 is 0 Å². The lowest BCUT2D eigenvalue weighted by atomic mass is 10.1. The molecule has 6 nitrogen and oxygen atoms in total. The predicted molar refractivity (Wildman–Crippen MR) is 116 cm³/mol. The number of thioether (sulfide) groups is 1. The molecular weight excluding hydrogens is 384 g/mol. The van der Waals surface area contributed by atoms with Crippen LogP contribution in [-0.2, 0) is 6.54 Å². The Hall–Kier alpha value is -2.64. The van der Waals surface area contributed by atoms with Gasteiger partial charge in [-0.15, -0.1) is 0 Å². The summed E-state index contributed by atoms with van der Waals surface area (Å²) in [4.78, 5) is 19.3. The fraction of sp³-hybridized carbons (Fsp3) is 0.318. The number of aromatic nitrogens is 2. The van der Waals surface area contributed by atoms with Gasteiger partial charge in [0.25, 0.3) is 11.8 Å². The van der Waals surface area contributed by atoms with Crippen molar-refractivity contribution in [1.29, 1.82) is 0 Å². The fourth-order valence-corrected chi connectivity index (χ4v) is 4.33. The van der Waals surface area contributed by atoms with E-state index in [2.05, 4.69) is 32.5 Å². The molecule has 1 aliphatic rings. The first-order chi connectivity index (χ1) is 14.1. The van der Waals surface area contributed by atoms with Crippen LogP contribution in [0.3, 0.4) is 0 Å². The van der Waals surface area contributed by atoms with E-state index in [1.807, 2.05) is 36.9 Å². The van der Waals surface area contributed by atoms with Crippen molar-refractivity contribution in [2.24, 2.45) is 0 Å². The molecule has 1 fully saturated rings. The molecule has 0 radical (unpaired) electrons. The first-order valence-corrected chi connectivity index (χ1v) is 10.9. The van der Waals surface area contributed by atoms with Crippen molar-refractivity contribution in [2.45, 2.75) is 20.4 Å². The molecule has 1 aliphatic heterocycles. The van der Waals surface area contributed by atoms with E-state index in [0.29, 0.717) is 17.3 Å². The van der Waals surface area contributed by atoms with Gasteiger partial charge in [-0.25, -0.2) is 0 Å². The van der Waals surface area contributed by atoms with Crippen LogP contribution in [0.15, 0.2) is 47.0 Å². The van der Waals surface area contributed by atoms with Gasteiger partial charge in [-0.05, 0) is 55.3 Å². The number of rotatable bonds is 5. The Kier molecular flexibility index (Phi) is 5.97. The van der Waals surface area contributed by atoms with Crippen LogP contribution in [0.4, 0.5) is 5.69 Å². The number of carbonyl (C=O) groups is 1. The molecule has 0 bridgehead atoms. The Labute approximate surface area is 174 Å². The molecule has 2 heterocycles. The van der Waals surface area contributed by atoms with E-state index in [4.69, 9.17) is 4.52 Å². The summed E-state index contributed by atoms with van der Waals surface area (Å²) >= 11 is 2.02. The topological polar surface area (TPSA) is 71.3 Å². The van der Waals surface area contributed by atoms with Crippen molar-refractivity contribution in [3.63, 3.8) is 0 Å². The molecule has 1 amide bonds. The van der Waals surface area contributed by atoms with E-state index < -0.39 is 0 Å². The van der Waals surface area contributed by atoms with Crippen LogP contribution in [0, 0.1) is 13.8 Å². The van der Waals surface area contributed by atoms with Crippen LogP contribution in [0.2, 0.25) is 0 Å². The Morgan fingerprint density at radius 1 is 1.14 bits per heavy atom. The van der Waals surface area contributed by atoms with Crippen molar-refractivity contribution >= 4 is 23.4 Å². The minimum atomic E-state index is -0.137. The standard InChI is InChI=1S/C22H24N4O2S/c1-15-13-17(14-26-9-11-29-12-10-26)3-8-20(15)24-21(27)18-4-6-19(7-5-18)22-23-16(2)25-28-22/h3-8,13H,9-12,14H2,1-2H3,(H,24,27). The van der Waals surface area contributed by atoms with E-state index in [0.717, 1.165) is 36.4 Å². The molecule has 150 valence electrons. The molecule has 2 aromatic carbocycles. The monoisotopic (exact) mass is 408 g/mol. The summed E-state index contributed by atoms with van der Waals surface area (Å²) in [7, 11) is 0. The molecule has 29 heavy (non-hydrogen) atoms. The molecule has 3 aromatic rings. The number of nitrogens with one attached hydrogen (secondary N) is 1. The normalized spacial score (nSPS) is 14.7. The highest BCUT2D eigenvalue weighted by Crippen LogP contribution is 2.21. The number of anilines is 1. The predicted octanol–water partition coefficient (Wildman–Crippen LogP) is 4.15. The van der Waals surface area contributed by atoms with Crippen LogP contribution in [0.25, 0.3) is 11.5 Å². The quantitative estimate of drug-likeness (QED) is 0.684. The summed E-state index contributed by atoms with van der Waals surface area (Å²) in [6.45, 7) is 7.05. The van der Waals surface area contributed by atoms with E-state index in [-0.39, 0.29) is 5.91 Å². The van der Waals surface area contributed by atoms with Crippen LogP contribution < -0.4 is 5.32 Å². The van der Waals surface area contributed by atoms with Crippen molar-refractivity contribution in [1.82, 2.24) is 15.0 Å². The minimum absolute atomic E-state index is 0.137. The molecule has 0 spiro atoms. The summed E-state index contributed by atoms with van der Waals surface area (Å²) in [5.74, 6) is 3.31. The Bertz CT molecular complexity index is 994. The lowest BCUT2D eigenvalue weighted by Crippen LogP contribution is -2.31. The molecule has 1 N–H and O–H groups in total. The first-order valence-electron chi connectivity index (χ1n) is 9.70. The molecular formula is C22H24N4O2S. The van der Waals surface area contributed by atoms with Gasteiger partial charge < -0.3 is 9.84 Å². The van der Waals surface area contributed by atoms with Gasteiger partial charge in [-0.3, -0.25) is 9.69 Å². The third-order valence-corrected chi connectivity index (χ3v) is 5.91. The zero-order chi connectivity index (χ0) is 20.2. The first kappa shape index (κ1) is 19.7. The average molecular weight is 409 g/mol. The zero-order valence-electron chi connectivity index (χ0n) is 16.6. The molecule has 0 unspecified atom stereocenters. The Morgan fingerprint density at radius 2 is 1.90 bits per heavy atom. The number of hydrogen-bond acceptors (Lipinski definition) is 6. The summed E-state index contributed by atoms with van der Waals surface area (Å²) in [5.41, 5.74) is 4.56. The number of benzene rings is 2. The van der Waals surface area contributed by atoms with Gasteiger partial charge in [0.15, 0.2) is 5.82 Å². The Morgan fingerprint density at radius 3 is 2.55 bits per heavy atom. The van der Waals surface area contributed by atoms with E-state index in [9.17, 15) is 4.79 Å². The van der Waals surface area contributed by atoms with Gasteiger partial charge in [0.1, 0.15) is 0 Å². The van der Waals surface area contributed by atoms with Crippen LogP contribution in [0.5, 0.6) is 0 Å². The van der Waals surface area contributed by atoms with Gasteiger partial charge in [0.2, 0.25) is 0 Å². The summed E-state index contributed by atoms with van der Waals surface area (Å²) in [6, 6.07) is 13.4. The average Bonchev–Trinajstić information content (AvgIpc) is 3.17. The highest BCUT2D eigenvalue weighted by Gasteiger charge is 2.13. The van der Waals surface area contributed by atoms with E-state index in [1.165, 1.54) is 17.1 Å². The molecule has 0 atom stereocenters. The summed E-state index contributed by atoms with van der Waals surface area (Å²) in [6.07, 6.45) is 0. The van der Waals surface area contributed by atoms with Crippen molar-refractivity contribution in [3.8, 4) is 11.5 Å². The van der Waals surface area contributed by atoms with Gasteiger partial charge >= 0.3 is 0 Å². The molecule has 0 aliphatic carbocycles. The van der Waals surface area contributed by atoms with Gasteiger partial charge in [0.05, 0.1) is 0 Å². The minimum Gasteiger partial charge on any atom is -0.334 e. The number of aryl methyl sites for hydroxylation is 2. The van der Waals surface area contributed by atoms with Gasteiger partial charge in [-0.1, -0.05) is 17.3 Å². The van der Waals surface area contributed by atoms with Gasteiger partial charge in [0, 0.05) is 48.0 Å². The smallest absolute Gasteiger partial charge is 0.257 e. The second kappa shape index (κ2) is 8.80. The number of hydrogen-bond donors (Lipinski definition) is 1. The fourth-order valence-electron chi connectivity index (χ4n) is 3.35. The maximum Gasteiger partial charge on any atom is 0.257 e. The third kappa shape index (κ3) is 4.86. The van der Waals surface area contributed by atoms with Crippen LogP contribution in [-0.4, -0.2) is 45.5 Å². The molecule has 7 heteroatoms. The molecule has 4 rings (SSSR count). The highest BCUT2D eigenvalue weighted by atomic mass is 32.2. The molecule has 0 saturated carbocycles.